The van der Waals surface area contributed by atoms with Gasteiger partial charge in [0.05, 0.1) is 0 Å². The number of allylic oxidation sites excluding steroid dienone is 1. The van der Waals surface area contributed by atoms with Crippen molar-refractivity contribution in [3.05, 3.63) is 22.1 Å². The maximum absolute atomic E-state index is 7.00. The van der Waals surface area contributed by atoms with Crippen molar-refractivity contribution in [1.29, 1.82) is 0 Å². The molecule has 0 aliphatic heterocycles. The minimum absolute atomic E-state index is 1.17. The zero-order chi connectivity index (χ0) is 5.58. The topological polar surface area (TPSA) is 34.1 Å². The van der Waals surface area contributed by atoms with Gasteiger partial charge in [0.1, 0.15) is 0 Å². The summed E-state index contributed by atoms with van der Waals surface area (Å²) < 4.78 is 0. The van der Waals surface area contributed by atoms with E-state index in [4.69, 9.17) is 9.93 Å². The first kappa shape index (κ1) is 9.02. The molecule has 0 unspecified atom stereocenters. The van der Waals surface area contributed by atoms with Gasteiger partial charge in [-0.15, -0.1) is 6.58 Å². The van der Waals surface area contributed by atoms with Gasteiger partial charge in [-0.1, -0.05) is 5.57 Å². The van der Waals surface area contributed by atoms with Gasteiger partial charge in [0, 0.05) is 9.93 Å². The molecule has 0 aromatic carbocycles. The van der Waals surface area contributed by atoms with Crippen LogP contribution in [0.4, 0.5) is 0 Å². The fourth-order valence-corrected chi connectivity index (χ4v) is 0. The van der Waals surface area contributed by atoms with Gasteiger partial charge in [-0.05, 0) is 13.8 Å². The minimum Gasteiger partial charge on any atom is -0.100 e. The van der Waals surface area contributed by atoms with Crippen LogP contribution in [0.25, 0.3) is 0 Å². The Labute approximate surface area is 37.1 Å². The van der Waals surface area contributed by atoms with E-state index in [1.807, 2.05) is 13.8 Å². The summed E-state index contributed by atoms with van der Waals surface area (Å²) in [7, 11) is 0. The zero-order valence-electron chi connectivity index (χ0n) is 4.02. The first-order valence-electron chi connectivity index (χ1n) is 1.52. The molecular weight excluding hydrogens is 80.0 g/mol. The second kappa shape index (κ2) is 8.84. The lowest BCUT2D eigenvalue weighted by Crippen LogP contribution is -1.43. The Morgan fingerprint density at radius 3 is 1.33 bits per heavy atom. The molecule has 0 rings (SSSR count). The average molecular weight is 88.1 g/mol. The Morgan fingerprint density at radius 1 is 1.33 bits per heavy atom. The third kappa shape index (κ3) is 42.0. The summed E-state index contributed by atoms with van der Waals surface area (Å²) in [5.41, 5.74) is 1.17. The molecule has 0 saturated carbocycles. The summed E-state index contributed by atoms with van der Waals surface area (Å²) in [5, 5.41) is 0. The van der Waals surface area contributed by atoms with E-state index in [9.17, 15) is 0 Å². The zero-order valence-corrected chi connectivity index (χ0v) is 4.02. The van der Waals surface area contributed by atoms with E-state index in [-0.39, 0.29) is 0 Å². The van der Waals surface area contributed by atoms with Crippen LogP contribution in [-0.2, 0) is 0 Å². The third-order valence-electron chi connectivity index (χ3n) is 0. The standard InChI is InChI=1S/C4H8.O2/c1-4(2)3;1-2/h1H2,2-3H3;. The number of hydrogen-bond donors (Lipinski definition) is 0. The largest absolute Gasteiger partial charge is 0.100 e. The van der Waals surface area contributed by atoms with E-state index in [1.165, 1.54) is 5.57 Å². The summed E-state index contributed by atoms with van der Waals surface area (Å²) in [5.74, 6) is 0. The molecule has 0 heterocycles. The van der Waals surface area contributed by atoms with Crippen molar-refractivity contribution < 1.29 is 0 Å². The summed E-state index contributed by atoms with van der Waals surface area (Å²) in [6.45, 7) is 7.50. The molecule has 0 saturated heterocycles. The number of hydrogen-bond acceptors (Lipinski definition) is 2. The quantitative estimate of drug-likeness (QED) is 0.422. The van der Waals surface area contributed by atoms with Gasteiger partial charge < -0.3 is 0 Å². The average Bonchev–Trinajstić information content (AvgIpc) is 1.41. The maximum atomic E-state index is 7.00. The Morgan fingerprint density at radius 2 is 1.33 bits per heavy atom. The van der Waals surface area contributed by atoms with Gasteiger partial charge in [-0.2, -0.15) is 0 Å². The predicted molar refractivity (Wildman–Crippen MR) is 27.2 cm³/mol. The highest BCUT2D eigenvalue weighted by Gasteiger charge is 1.51. The van der Waals surface area contributed by atoms with Gasteiger partial charge in [0.15, 0.2) is 0 Å². The van der Waals surface area contributed by atoms with Gasteiger partial charge in [-0.25, -0.2) is 0 Å². The normalized spacial score (nSPS) is 5.00. The van der Waals surface area contributed by atoms with Crippen molar-refractivity contribution in [2.24, 2.45) is 0 Å². The first-order chi connectivity index (χ1) is 2.73. The van der Waals surface area contributed by atoms with Gasteiger partial charge in [0.25, 0.3) is 0 Å². The Kier molecular flexibility index (Phi) is 13.3. The molecule has 2 heteroatoms. The lowest BCUT2D eigenvalue weighted by molar-refractivity contribution is 1.42. The van der Waals surface area contributed by atoms with Gasteiger partial charge in [0.2, 0.25) is 0 Å². The number of rotatable bonds is 0. The van der Waals surface area contributed by atoms with Crippen LogP contribution in [-0.4, -0.2) is 0 Å². The summed E-state index contributed by atoms with van der Waals surface area (Å²) >= 11 is 0. The van der Waals surface area contributed by atoms with Crippen molar-refractivity contribution in [1.82, 2.24) is 0 Å². The van der Waals surface area contributed by atoms with Crippen LogP contribution < -0.4 is 0 Å². The first-order valence-corrected chi connectivity index (χ1v) is 1.52. The molecule has 0 fully saturated rings. The van der Waals surface area contributed by atoms with Crippen LogP contribution in [0.1, 0.15) is 13.8 Å². The van der Waals surface area contributed by atoms with E-state index in [0.29, 0.717) is 0 Å². The predicted octanol–water partition coefficient (Wildman–Crippen LogP) is 1.65. The van der Waals surface area contributed by atoms with Gasteiger partial charge >= 0.3 is 0 Å². The van der Waals surface area contributed by atoms with Gasteiger partial charge in [-0.3, -0.25) is 0 Å². The molecule has 0 N–H and O–H groups in total. The van der Waals surface area contributed by atoms with Crippen molar-refractivity contribution in [2.75, 3.05) is 0 Å². The monoisotopic (exact) mass is 88.1 g/mol. The van der Waals surface area contributed by atoms with Crippen molar-refractivity contribution in [3.63, 3.8) is 0 Å². The van der Waals surface area contributed by atoms with E-state index in [1.54, 1.807) is 0 Å². The molecule has 0 aromatic rings. The van der Waals surface area contributed by atoms with Crippen LogP contribution in [0.5, 0.6) is 0 Å². The summed E-state index contributed by atoms with van der Waals surface area (Å²) in [6, 6.07) is 0. The van der Waals surface area contributed by atoms with Crippen LogP contribution in [0, 0.1) is 9.93 Å². The highest BCUT2D eigenvalue weighted by Crippen LogP contribution is 1.73. The van der Waals surface area contributed by atoms with E-state index in [0.717, 1.165) is 0 Å². The molecule has 0 bridgehead atoms. The third-order valence-corrected chi connectivity index (χ3v) is 0. The molecule has 0 aromatic heterocycles. The molecule has 0 aliphatic rings. The molecule has 6 heavy (non-hydrogen) atoms. The molecule has 0 aliphatic carbocycles. The van der Waals surface area contributed by atoms with Crippen molar-refractivity contribution in [2.45, 2.75) is 13.8 Å². The lowest BCUT2D eigenvalue weighted by atomic mass is 10.4. The second-order valence-electron chi connectivity index (χ2n) is 1.21. The molecule has 0 radical (unpaired) electrons. The highest BCUT2D eigenvalue weighted by molar-refractivity contribution is 4.78. The van der Waals surface area contributed by atoms with E-state index >= 15 is 0 Å². The molecule has 36 valence electrons. The summed E-state index contributed by atoms with van der Waals surface area (Å²) in [4.78, 5) is 14.0. The van der Waals surface area contributed by atoms with Crippen LogP contribution in [0.15, 0.2) is 12.2 Å². The Balaban J connectivity index is 0. The van der Waals surface area contributed by atoms with E-state index in [2.05, 4.69) is 6.58 Å². The highest BCUT2D eigenvalue weighted by atomic mass is 16.7. The fraction of sp³-hybridized carbons (Fsp3) is 0.500. The lowest BCUT2D eigenvalue weighted by Gasteiger charge is -1.65. The molecule has 0 spiro atoms. The molecule has 0 amide bonds. The van der Waals surface area contributed by atoms with Crippen LogP contribution in [0.2, 0.25) is 0 Å². The Hall–Kier alpha value is -0.660. The molecule has 2 nitrogen and oxygen atoms in total. The fourth-order valence-electron chi connectivity index (χ4n) is 0. The minimum atomic E-state index is 1.17. The smallest absolute Gasteiger partial charge is 0 e. The Bertz CT molecular complexity index is 36.8. The SMILES string of the molecule is C=C(C)C.O=O. The van der Waals surface area contributed by atoms with Crippen molar-refractivity contribution in [3.8, 4) is 0 Å². The molecule has 0 atom stereocenters. The summed E-state index contributed by atoms with van der Waals surface area (Å²) in [6.07, 6.45) is 0. The maximum Gasteiger partial charge on any atom is 0 e. The van der Waals surface area contributed by atoms with Crippen LogP contribution >= 0.6 is 0 Å². The molecular formula is C4H8O2. The van der Waals surface area contributed by atoms with Crippen molar-refractivity contribution >= 4 is 0 Å². The van der Waals surface area contributed by atoms with E-state index < -0.39 is 0 Å². The van der Waals surface area contributed by atoms with Crippen LogP contribution in [0.3, 0.4) is 0 Å². The second-order valence-corrected chi connectivity index (χ2v) is 1.21.